The van der Waals surface area contributed by atoms with E-state index in [0.717, 1.165) is 31.2 Å². The topological polar surface area (TPSA) is 92.5 Å². The molecule has 0 aliphatic heterocycles. The molecule has 0 saturated heterocycles. The molecule has 1 aliphatic rings. The van der Waals surface area contributed by atoms with Crippen molar-refractivity contribution in [1.29, 1.82) is 0 Å². The van der Waals surface area contributed by atoms with Crippen molar-refractivity contribution in [3.63, 3.8) is 0 Å². The van der Waals surface area contributed by atoms with Gasteiger partial charge >= 0.3 is 0 Å². The SMILES string of the molecule is O=C(/C=C/c1ccc([N+](=O)[O-])cc1)NC1CCCCC1CO. The Morgan fingerprint density at radius 3 is 2.64 bits per heavy atom. The molecule has 1 aromatic carbocycles. The van der Waals surface area contributed by atoms with Crippen molar-refractivity contribution in [3.05, 3.63) is 46.0 Å². The highest BCUT2D eigenvalue weighted by atomic mass is 16.6. The quantitative estimate of drug-likeness (QED) is 0.496. The second-order valence-electron chi connectivity index (χ2n) is 5.52. The van der Waals surface area contributed by atoms with Gasteiger partial charge < -0.3 is 10.4 Å². The second kappa shape index (κ2) is 7.70. The summed E-state index contributed by atoms with van der Waals surface area (Å²) in [7, 11) is 0. The van der Waals surface area contributed by atoms with Gasteiger partial charge in [-0.05, 0) is 36.6 Å². The van der Waals surface area contributed by atoms with Gasteiger partial charge in [-0.1, -0.05) is 12.8 Å². The van der Waals surface area contributed by atoms with E-state index in [1.54, 1.807) is 18.2 Å². The summed E-state index contributed by atoms with van der Waals surface area (Å²) in [5.41, 5.74) is 0.748. The number of hydrogen-bond donors (Lipinski definition) is 2. The van der Waals surface area contributed by atoms with Crippen LogP contribution in [0.2, 0.25) is 0 Å². The molecule has 0 heterocycles. The maximum Gasteiger partial charge on any atom is 0.269 e. The number of nitrogens with one attached hydrogen (secondary N) is 1. The van der Waals surface area contributed by atoms with Crippen LogP contribution in [0.25, 0.3) is 6.08 Å². The average Bonchev–Trinajstić information content (AvgIpc) is 2.54. The van der Waals surface area contributed by atoms with E-state index in [1.165, 1.54) is 18.2 Å². The standard InChI is InChI=1S/C16H20N2O4/c19-11-13-3-1-2-4-15(13)17-16(20)10-7-12-5-8-14(9-6-12)18(21)22/h5-10,13,15,19H,1-4,11H2,(H,17,20)/b10-7+. The van der Waals surface area contributed by atoms with Gasteiger partial charge in [-0.15, -0.1) is 0 Å². The normalized spacial score (nSPS) is 21.7. The molecule has 6 nitrogen and oxygen atoms in total. The van der Waals surface area contributed by atoms with E-state index >= 15 is 0 Å². The summed E-state index contributed by atoms with van der Waals surface area (Å²) in [5, 5.41) is 22.8. The highest BCUT2D eigenvalue weighted by Gasteiger charge is 2.25. The summed E-state index contributed by atoms with van der Waals surface area (Å²) < 4.78 is 0. The molecule has 0 radical (unpaired) electrons. The molecule has 2 atom stereocenters. The Kier molecular flexibility index (Phi) is 5.66. The highest BCUT2D eigenvalue weighted by Crippen LogP contribution is 2.23. The minimum absolute atomic E-state index is 0.0211. The first-order valence-corrected chi connectivity index (χ1v) is 7.44. The second-order valence-corrected chi connectivity index (χ2v) is 5.52. The summed E-state index contributed by atoms with van der Waals surface area (Å²) in [4.78, 5) is 22.0. The number of nitro benzene ring substituents is 1. The molecule has 2 N–H and O–H groups in total. The summed E-state index contributed by atoms with van der Waals surface area (Å²) >= 11 is 0. The first-order chi connectivity index (χ1) is 10.6. The van der Waals surface area contributed by atoms with E-state index in [-0.39, 0.29) is 30.2 Å². The molecular formula is C16H20N2O4. The minimum atomic E-state index is -0.460. The van der Waals surface area contributed by atoms with Crippen molar-refractivity contribution in [2.24, 2.45) is 5.92 Å². The van der Waals surface area contributed by atoms with Crippen molar-refractivity contribution in [2.75, 3.05) is 6.61 Å². The fourth-order valence-corrected chi connectivity index (χ4v) is 2.73. The summed E-state index contributed by atoms with van der Waals surface area (Å²) in [6, 6.07) is 6.02. The van der Waals surface area contributed by atoms with Crippen molar-refractivity contribution in [1.82, 2.24) is 5.32 Å². The zero-order valence-corrected chi connectivity index (χ0v) is 12.3. The average molecular weight is 304 g/mol. The number of non-ortho nitro benzene ring substituents is 1. The smallest absolute Gasteiger partial charge is 0.269 e. The molecule has 1 aromatic rings. The Morgan fingerprint density at radius 1 is 1.32 bits per heavy atom. The first-order valence-electron chi connectivity index (χ1n) is 7.44. The number of carbonyl (C=O) groups is 1. The van der Waals surface area contributed by atoms with E-state index < -0.39 is 4.92 Å². The molecule has 2 unspecified atom stereocenters. The van der Waals surface area contributed by atoms with Crippen LogP contribution in [-0.2, 0) is 4.79 Å². The maximum absolute atomic E-state index is 11.9. The molecule has 118 valence electrons. The monoisotopic (exact) mass is 304 g/mol. The Balaban J connectivity index is 1.91. The van der Waals surface area contributed by atoms with Gasteiger partial charge in [-0.2, -0.15) is 0 Å². The third-order valence-corrected chi connectivity index (χ3v) is 4.00. The van der Waals surface area contributed by atoms with Crippen molar-refractivity contribution in [3.8, 4) is 0 Å². The predicted molar refractivity (Wildman–Crippen MR) is 83.1 cm³/mol. The molecule has 1 fully saturated rings. The number of rotatable bonds is 5. The fraction of sp³-hybridized carbons (Fsp3) is 0.438. The fourth-order valence-electron chi connectivity index (χ4n) is 2.73. The van der Waals surface area contributed by atoms with Crippen LogP contribution in [-0.4, -0.2) is 28.6 Å². The van der Waals surface area contributed by atoms with Gasteiger partial charge in [0.25, 0.3) is 5.69 Å². The lowest BCUT2D eigenvalue weighted by Crippen LogP contribution is -2.42. The van der Waals surface area contributed by atoms with Crippen molar-refractivity contribution >= 4 is 17.7 Å². The number of nitro groups is 1. The minimum Gasteiger partial charge on any atom is -0.396 e. The predicted octanol–water partition coefficient (Wildman–Crippen LogP) is 2.28. The van der Waals surface area contributed by atoms with Crippen LogP contribution in [0.3, 0.4) is 0 Å². The largest absolute Gasteiger partial charge is 0.396 e. The summed E-state index contributed by atoms with van der Waals surface area (Å²) in [6.45, 7) is 0.0943. The van der Waals surface area contributed by atoms with E-state index in [1.807, 2.05) is 0 Å². The van der Waals surface area contributed by atoms with Crippen LogP contribution in [0.15, 0.2) is 30.3 Å². The van der Waals surface area contributed by atoms with Gasteiger partial charge in [0.15, 0.2) is 0 Å². The molecule has 1 saturated carbocycles. The third kappa shape index (κ3) is 4.39. The van der Waals surface area contributed by atoms with Gasteiger partial charge in [0, 0.05) is 36.8 Å². The number of nitrogens with zero attached hydrogens (tertiary/aromatic N) is 1. The van der Waals surface area contributed by atoms with Gasteiger partial charge in [-0.3, -0.25) is 14.9 Å². The molecular weight excluding hydrogens is 284 g/mol. The van der Waals surface area contributed by atoms with Gasteiger partial charge in [0.1, 0.15) is 0 Å². The van der Waals surface area contributed by atoms with Crippen LogP contribution in [0.4, 0.5) is 5.69 Å². The Morgan fingerprint density at radius 2 is 2.00 bits per heavy atom. The highest BCUT2D eigenvalue weighted by molar-refractivity contribution is 5.91. The van der Waals surface area contributed by atoms with Gasteiger partial charge in [-0.25, -0.2) is 0 Å². The third-order valence-electron chi connectivity index (χ3n) is 4.00. The lowest BCUT2D eigenvalue weighted by atomic mass is 9.85. The van der Waals surface area contributed by atoms with E-state index in [9.17, 15) is 20.0 Å². The molecule has 0 bridgehead atoms. The van der Waals surface area contributed by atoms with E-state index in [4.69, 9.17) is 0 Å². The van der Waals surface area contributed by atoms with Crippen LogP contribution in [0, 0.1) is 16.0 Å². The van der Waals surface area contributed by atoms with Gasteiger partial charge in [0.2, 0.25) is 5.91 Å². The number of aliphatic hydroxyl groups is 1. The van der Waals surface area contributed by atoms with Crippen LogP contribution < -0.4 is 5.32 Å². The zero-order chi connectivity index (χ0) is 15.9. The summed E-state index contributed by atoms with van der Waals surface area (Å²) in [6.07, 6.45) is 7.03. The number of carbonyl (C=O) groups excluding carboxylic acids is 1. The lowest BCUT2D eigenvalue weighted by molar-refractivity contribution is -0.384. The van der Waals surface area contributed by atoms with E-state index in [2.05, 4.69) is 5.32 Å². The number of amides is 1. The van der Waals surface area contributed by atoms with E-state index in [0.29, 0.717) is 0 Å². The molecule has 1 aliphatic carbocycles. The van der Waals surface area contributed by atoms with Crippen LogP contribution in [0.5, 0.6) is 0 Å². The molecule has 1 amide bonds. The van der Waals surface area contributed by atoms with Crippen LogP contribution in [0.1, 0.15) is 31.2 Å². The first kappa shape index (κ1) is 16.2. The van der Waals surface area contributed by atoms with Crippen LogP contribution >= 0.6 is 0 Å². The maximum atomic E-state index is 11.9. The number of aliphatic hydroxyl groups excluding tert-OH is 1. The molecule has 2 rings (SSSR count). The summed E-state index contributed by atoms with van der Waals surface area (Å²) in [5.74, 6) is -0.0748. The lowest BCUT2D eigenvalue weighted by Gasteiger charge is -2.30. The molecule has 0 spiro atoms. The van der Waals surface area contributed by atoms with Crippen molar-refractivity contribution < 1.29 is 14.8 Å². The zero-order valence-electron chi connectivity index (χ0n) is 12.3. The Hall–Kier alpha value is -2.21. The molecule has 0 aromatic heterocycles. The Labute approximate surface area is 129 Å². The number of benzene rings is 1. The Bertz CT molecular complexity index is 554. The molecule has 22 heavy (non-hydrogen) atoms. The molecule has 6 heteroatoms. The van der Waals surface area contributed by atoms with Crippen molar-refractivity contribution in [2.45, 2.75) is 31.7 Å². The number of hydrogen-bond acceptors (Lipinski definition) is 4. The van der Waals surface area contributed by atoms with Gasteiger partial charge in [0.05, 0.1) is 4.92 Å².